The van der Waals surface area contributed by atoms with Gasteiger partial charge in [0, 0.05) is 23.3 Å². The van der Waals surface area contributed by atoms with Gasteiger partial charge in [-0.3, -0.25) is 4.98 Å². The molecule has 0 aliphatic heterocycles. The van der Waals surface area contributed by atoms with Gasteiger partial charge in [-0.2, -0.15) is 0 Å². The number of hydrogen-bond acceptors (Lipinski definition) is 3. The SMILES string of the molecule is OC(Cc1cncc(Br)c1)c1ccc(Cl)o1. The fourth-order valence-corrected chi connectivity index (χ4v) is 1.96. The third kappa shape index (κ3) is 2.84. The maximum atomic E-state index is 9.88. The van der Waals surface area contributed by atoms with Gasteiger partial charge in [0.15, 0.2) is 5.22 Å². The van der Waals surface area contributed by atoms with Crippen LogP contribution in [-0.2, 0) is 6.42 Å². The molecule has 3 nitrogen and oxygen atoms in total. The lowest BCUT2D eigenvalue weighted by molar-refractivity contribution is 0.150. The average Bonchev–Trinajstić information content (AvgIpc) is 2.65. The molecular weight excluding hydrogens is 293 g/mol. The average molecular weight is 303 g/mol. The van der Waals surface area contributed by atoms with E-state index in [0.717, 1.165) is 10.0 Å². The third-order valence-electron chi connectivity index (χ3n) is 2.11. The Morgan fingerprint density at radius 3 is 2.88 bits per heavy atom. The monoisotopic (exact) mass is 301 g/mol. The van der Waals surface area contributed by atoms with Crippen LogP contribution in [0.2, 0.25) is 5.22 Å². The van der Waals surface area contributed by atoms with Crippen LogP contribution in [0.3, 0.4) is 0 Å². The lowest BCUT2D eigenvalue weighted by atomic mass is 10.1. The number of rotatable bonds is 3. The second kappa shape index (κ2) is 4.99. The summed E-state index contributed by atoms with van der Waals surface area (Å²) >= 11 is 8.96. The van der Waals surface area contributed by atoms with Crippen LogP contribution in [0.1, 0.15) is 17.4 Å². The highest BCUT2D eigenvalue weighted by molar-refractivity contribution is 9.10. The molecule has 0 amide bonds. The molecule has 1 unspecified atom stereocenters. The fraction of sp³-hybridized carbons (Fsp3) is 0.182. The van der Waals surface area contributed by atoms with E-state index >= 15 is 0 Å². The minimum atomic E-state index is -0.705. The number of hydrogen-bond donors (Lipinski definition) is 1. The van der Waals surface area contributed by atoms with Crippen LogP contribution in [0, 0.1) is 0 Å². The minimum absolute atomic E-state index is 0.279. The molecule has 2 rings (SSSR count). The van der Waals surface area contributed by atoms with E-state index in [4.69, 9.17) is 16.0 Å². The first kappa shape index (κ1) is 11.6. The van der Waals surface area contributed by atoms with Crippen molar-refractivity contribution < 1.29 is 9.52 Å². The van der Waals surface area contributed by atoms with E-state index in [0.29, 0.717) is 12.2 Å². The maximum Gasteiger partial charge on any atom is 0.193 e. The smallest absolute Gasteiger partial charge is 0.193 e. The lowest BCUT2D eigenvalue weighted by Crippen LogP contribution is -2.00. The molecule has 2 heterocycles. The number of pyridine rings is 1. The molecule has 1 atom stereocenters. The summed E-state index contributed by atoms with van der Waals surface area (Å²) in [5.41, 5.74) is 0.925. The van der Waals surface area contributed by atoms with E-state index in [1.54, 1.807) is 24.5 Å². The van der Waals surface area contributed by atoms with Gasteiger partial charge in [-0.15, -0.1) is 0 Å². The molecule has 0 aromatic carbocycles. The highest BCUT2D eigenvalue weighted by Crippen LogP contribution is 2.23. The number of aliphatic hydroxyl groups is 1. The van der Waals surface area contributed by atoms with Crippen LogP contribution >= 0.6 is 27.5 Å². The molecule has 0 fully saturated rings. The molecule has 84 valence electrons. The first-order chi connectivity index (χ1) is 7.65. The van der Waals surface area contributed by atoms with Crippen molar-refractivity contribution >= 4 is 27.5 Å². The van der Waals surface area contributed by atoms with Gasteiger partial charge in [-0.05, 0) is 51.3 Å². The zero-order valence-corrected chi connectivity index (χ0v) is 10.6. The Morgan fingerprint density at radius 2 is 2.25 bits per heavy atom. The number of halogens is 2. The molecular formula is C11H9BrClNO2. The first-order valence-electron chi connectivity index (χ1n) is 4.68. The van der Waals surface area contributed by atoms with Crippen LogP contribution in [0.25, 0.3) is 0 Å². The van der Waals surface area contributed by atoms with Crippen LogP contribution in [0.5, 0.6) is 0 Å². The van der Waals surface area contributed by atoms with Crippen LogP contribution in [0.4, 0.5) is 0 Å². The third-order valence-corrected chi connectivity index (χ3v) is 2.75. The number of aliphatic hydroxyl groups excluding tert-OH is 1. The molecule has 1 N–H and O–H groups in total. The summed E-state index contributed by atoms with van der Waals surface area (Å²) in [6.07, 6.45) is 3.14. The van der Waals surface area contributed by atoms with E-state index in [9.17, 15) is 5.11 Å². The number of nitrogens with zero attached hydrogens (tertiary/aromatic N) is 1. The maximum absolute atomic E-state index is 9.88. The normalized spacial score (nSPS) is 12.7. The zero-order chi connectivity index (χ0) is 11.5. The highest BCUT2D eigenvalue weighted by atomic mass is 79.9. The summed E-state index contributed by atoms with van der Waals surface area (Å²) < 4.78 is 6.01. The topological polar surface area (TPSA) is 46.3 Å². The number of furan rings is 1. The summed E-state index contributed by atoms with van der Waals surface area (Å²) in [4.78, 5) is 4.02. The molecule has 2 aromatic rings. The predicted octanol–water partition coefficient (Wildman–Crippen LogP) is 3.37. The first-order valence-corrected chi connectivity index (χ1v) is 5.85. The molecule has 16 heavy (non-hydrogen) atoms. The van der Waals surface area contributed by atoms with Gasteiger partial charge >= 0.3 is 0 Å². The largest absolute Gasteiger partial charge is 0.447 e. The molecule has 2 aromatic heterocycles. The van der Waals surface area contributed by atoms with Crippen molar-refractivity contribution in [1.82, 2.24) is 4.98 Å². The second-order valence-corrected chi connectivity index (χ2v) is 4.66. The standard InChI is InChI=1S/C11H9BrClNO2/c12-8-3-7(5-14-6-8)4-9(15)10-1-2-11(13)16-10/h1-3,5-6,9,15H,4H2. The molecule has 0 aliphatic carbocycles. The van der Waals surface area contributed by atoms with Gasteiger partial charge in [0.2, 0.25) is 0 Å². The van der Waals surface area contributed by atoms with Crippen LogP contribution < -0.4 is 0 Å². The summed E-state index contributed by atoms with van der Waals surface area (Å²) in [6.45, 7) is 0. The van der Waals surface area contributed by atoms with Crippen LogP contribution in [-0.4, -0.2) is 10.1 Å². The van der Waals surface area contributed by atoms with Crippen molar-refractivity contribution in [1.29, 1.82) is 0 Å². The minimum Gasteiger partial charge on any atom is -0.447 e. The van der Waals surface area contributed by atoms with Gasteiger partial charge in [-0.1, -0.05) is 0 Å². The summed E-state index contributed by atoms with van der Waals surface area (Å²) in [5, 5.41) is 10.2. The Labute approximate surface area is 106 Å². The van der Waals surface area contributed by atoms with E-state index in [1.807, 2.05) is 6.07 Å². The summed E-state index contributed by atoms with van der Waals surface area (Å²) in [7, 11) is 0. The van der Waals surface area contributed by atoms with E-state index in [-0.39, 0.29) is 5.22 Å². The molecule has 0 radical (unpaired) electrons. The highest BCUT2D eigenvalue weighted by Gasteiger charge is 2.13. The molecule has 0 spiro atoms. The van der Waals surface area contributed by atoms with Gasteiger partial charge in [0.05, 0.1) is 0 Å². The van der Waals surface area contributed by atoms with Gasteiger partial charge < -0.3 is 9.52 Å². The molecule has 0 aliphatic rings. The van der Waals surface area contributed by atoms with Crippen molar-refractivity contribution in [2.45, 2.75) is 12.5 Å². The van der Waals surface area contributed by atoms with Crippen molar-refractivity contribution in [3.05, 3.63) is 51.6 Å². The Kier molecular flexibility index (Phi) is 3.63. The Balaban J connectivity index is 2.10. The number of aromatic nitrogens is 1. The van der Waals surface area contributed by atoms with Gasteiger partial charge in [0.25, 0.3) is 0 Å². The van der Waals surface area contributed by atoms with Gasteiger partial charge in [0.1, 0.15) is 11.9 Å². The predicted molar refractivity (Wildman–Crippen MR) is 64.3 cm³/mol. The summed E-state index contributed by atoms with van der Waals surface area (Å²) in [5.74, 6) is 0.463. The summed E-state index contributed by atoms with van der Waals surface area (Å²) in [6, 6.07) is 5.18. The molecule has 0 saturated heterocycles. The van der Waals surface area contributed by atoms with Crippen molar-refractivity contribution in [2.75, 3.05) is 0 Å². The van der Waals surface area contributed by atoms with Crippen molar-refractivity contribution in [2.24, 2.45) is 0 Å². The fourth-order valence-electron chi connectivity index (χ4n) is 1.40. The van der Waals surface area contributed by atoms with Crippen LogP contribution in [0.15, 0.2) is 39.5 Å². The Morgan fingerprint density at radius 1 is 1.44 bits per heavy atom. The Bertz CT molecular complexity index is 486. The Hall–Kier alpha value is -0.840. The molecule has 0 saturated carbocycles. The quantitative estimate of drug-likeness (QED) is 0.945. The lowest BCUT2D eigenvalue weighted by Gasteiger charge is -2.07. The van der Waals surface area contributed by atoms with Gasteiger partial charge in [-0.25, -0.2) is 0 Å². The zero-order valence-electron chi connectivity index (χ0n) is 8.23. The molecule has 0 bridgehead atoms. The van der Waals surface area contributed by atoms with E-state index in [2.05, 4.69) is 20.9 Å². The van der Waals surface area contributed by atoms with Crippen molar-refractivity contribution in [3.63, 3.8) is 0 Å². The van der Waals surface area contributed by atoms with E-state index < -0.39 is 6.10 Å². The molecule has 5 heteroatoms. The van der Waals surface area contributed by atoms with E-state index in [1.165, 1.54) is 0 Å². The second-order valence-electron chi connectivity index (χ2n) is 3.37. The van der Waals surface area contributed by atoms with Crippen molar-refractivity contribution in [3.8, 4) is 0 Å².